The number of aromatic nitrogens is 2. The Bertz CT molecular complexity index is 905. The van der Waals surface area contributed by atoms with E-state index in [0.29, 0.717) is 19.7 Å². The summed E-state index contributed by atoms with van der Waals surface area (Å²) in [7, 11) is 1.48. The van der Waals surface area contributed by atoms with Gasteiger partial charge in [-0.2, -0.15) is 0 Å². The molecule has 0 aliphatic rings. The minimum absolute atomic E-state index is 0.0512. The number of pyridine rings is 2. The van der Waals surface area contributed by atoms with Gasteiger partial charge in [0.25, 0.3) is 0 Å². The van der Waals surface area contributed by atoms with E-state index in [0.717, 1.165) is 29.5 Å². The molecule has 1 aromatic carbocycles. The summed E-state index contributed by atoms with van der Waals surface area (Å²) >= 11 is 0. The van der Waals surface area contributed by atoms with Gasteiger partial charge >= 0.3 is 0 Å². The van der Waals surface area contributed by atoms with Crippen molar-refractivity contribution in [2.24, 2.45) is 0 Å². The second-order valence-corrected chi connectivity index (χ2v) is 7.06. The van der Waals surface area contributed by atoms with E-state index in [9.17, 15) is 4.79 Å². The summed E-state index contributed by atoms with van der Waals surface area (Å²) in [5.41, 5.74) is 4.18. The highest BCUT2D eigenvalue weighted by Crippen LogP contribution is 2.16. The van der Waals surface area contributed by atoms with Crippen LogP contribution in [0.2, 0.25) is 0 Å². The quantitative estimate of drug-likeness (QED) is 0.346. The van der Waals surface area contributed by atoms with Gasteiger partial charge in [0, 0.05) is 37.9 Å². The van der Waals surface area contributed by atoms with E-state index in [1.165, 1.54) is 12.7 Å². The van der Waals surface area contributed by atoms with Gasteiger partial charge in [-0.3, -0.25) is 14.8 Å². The van der Waals surface area contributed by atoms with Gasteiger partial charge in [0.1, 0.15) is 12.6 Å². The third-order valence-electron chi connectivity index (χ3n) is 4.89. The normalized spacial score (nSPS) is 11.8. The average Bonchev–Trinajstić information content (AvgIpc) is 2.82. The monoisotopic (exact) mass is 420 g/mol. The van der Waals surface area contributed by atoms with Gasteiger partial charge in [-0.15, -0.1) is 0 Å². The van der Waals surface area contributed by atoms with Gasteiger partial charge < -0.3 is 10.6 Å². The maximum absolute atomic E-state index is 13.0. The van der Waals surface area contributed by atoms with Gasteiger partial charge in [-0.25, -0.2) is 9.78 Å². The van der Waals surface area contributed by atoms with Crippen molar-refractivity contribution in [3.8, 4) is 0 Å². The third-order valence-corrected chi connectivity index (χ3v) is 4.89. The van der Waals surface area contributed by atoms with Crippen LogP contribution in [0.4, 0.5) is 0 Å². The van der Waals surface area contributed by atoms with Crippen molar-refractivity contribution in [3.05, 3.63) is 95.6 Å². The molecule has 2 N–H and O–H groups in total. The number of nitrogens with one attached hydrogen (secondary N) is 2. The van der Waals surface area contributed by atoms with Crippen LogP contribution in [-0.2, 0) is 34.0 Å². The molecule has 1 unspecified atom stereocenters. The zero-order chi connectivity index (χ0) is 21.7. The SMILES string of the molecule is COOCc1ccc(C(NCCc2ccncc2)C(=O)NCCc2ccncc2)cc1. The van der Waals surface area contributed by atoms with Gasteiger partial charge in [0.05, 0.1) is 7.11 Å². The maximum Gasteiger partial charge on any atom is 0.241 e. The van der Waals surface area contributed by atoms with Crippen molar-refractivity contribution < 1.29 is 14.6 Å². The Balaban J connectivity index is 1.61. The smallest absolute Gasteiger partial charge is 0.241 e. The summed E-state index contributed by atoms with van der Waals surface area (Å²) in [5.74, 6) is -0.0512. The van der Waals surface area contributed by atoms with Crippen molar-refractivity contribution in [1.29, 1.82) is 0 Å². The van der Waals surface area contributed by atoms with Crippen molar-refractivity contribution >= 4 is 5.91 Å². The van der Waals surface area contributed by atoms with E-state index < -0.39 is 6.04 Å². The van der Waals surface area contributed by atoms with Crippen molar-refractivity contribution in [3.63, 3.8) is 0 Å². The Labute approximate surface area is 182 Å². The number of hydrogen-bond acceptors (Lipinski definition) is 6. The molecule has 0 saturated heterocycles. The Morgan fingerprint density at radius 3 is 2.00 bits per heavy atom. The molecule has 31 heavy (non-hydrogen) atoms. The van der Waals surface area contributed by atoms with Crippen LogP contribution >= 0.6 is 0 Å². The molecule has 0 radical (unpaired) electrons. The predicted molar refractivity (Wildman–Crippen MR) is 118 cm³/mol. The molecular formula is C24H28N4O3. The highest BCUT2D eigenvalue weighted by atomic mass is 17.2. The molecule has 0 aliphatic carbocycles. The Hall–Kier alpha value is -3.13. The summed E-state index contributed by atoms with van der Waals surface area (Å²) < 4.78 is 0. The lowest BCUT2D eigenvalue weighted by molar-refractivity contribution is -0.282. The molecule has 3 rings (SSSR count). The number of hydrogen-bond donors (Lipinski definition) is 2. The van der Waals surface area contributed by atoms with Crippen LogP contribution in [0.1, 0.15) is 28.3 Å². The van der Waals surface area contributed by atoms with Crippen LogP contribution in [0.5, 0.6) is 0 Å². The second kappa shape index (κ2) is 12.5. The molecule has 7 nitrogen and oxygen atoms in total. The highest BCUT2D eigenvalue weighted by molar-refractivity contribution is 5.83. The Kier molecular flexibility index (Phi) is 9.12. The van der Waals surface area contributed by atoms with E-state index in [1.807, 2.05) is 48.5 Å². The fourth-order valence-corrected chi connectivity index (χ4v) is 3.19. The molecule has 2 aromatic heterocycles. The van der Waals surface area contributed by atoms with Gasteiger partial charge in [0.15, 0.2) is 0 Å². The molecule has 0 aliphatic heterocycles. The molecule has 2 heterocycles. The topological polar surface area (TPSA) is 85.4 Å². The van der Waals surface area contributed by atoms with Gasteiger partial charge in [0.2, 0.25) is 5.91 Å². The van der Waals surface area contributed by atoms with Crippen LogP contribution in [0.25, 0.3) is 0 Å². The van der Waals surface area contributed by atoms with Crippen LogP contribution in [0, 0.1) is 0 Å². The average molecular weight is 421 g/mol. The van der Waals surface area contributed by atoms with E-state index in [-0.39, 0.29) is 5.91 Å². The van der Waals surface area contributed by atoms with Crippen molar-refractivity contribution in [2.45, 2.75) is 25.5 Å². The van der Waals surface area contributed by atoms with Crippen molar-refractivity contribution in [1.82, 2.24) is 20.6 Å². The number of rotatable bonds is 12. The van der Waals surface area contributed by atoms with Crippen LogP contribution in [0.3, 0.4) is 0 Å². The third kappa shape index (κ3) is 7.57. The lowest BCUT2D eigenvalue weighted by Crippen LogP contribution is -2.39. The van der Waals surface area contributed by atoms with Crippen LogP contribution < -0.4 is 10.6 Å². The molecule has 7 heteroatoms. The number of carbonyl (C=O) groups excluding carboxylic acids is 1. The Morgan fingerprint density at radius 2 is 1.42 bits per heavy atom. The molecular weight excluding hydrogens is 392 g/mol. The highest BCUT2D eigenvalue weighted by Gasteiger charge is 2.19. The summed E-state index contributed by atoms with van der Waals surface area (Å²) in [4.78, 5) is 30.7. The Morgan fingerprint density at radius 1 is 0.839 bits per heavy atom. The minimum atomic E-state index is -0.448. The zero-order valence-electron chi connectivity index (χ0n) is 17.7. The summed E-state index contributed by atoms with van der Waals surface area (Å²) in [6.07, 6.45) is 8.64. The van der Waals surface area contributed by atoms with Gasteiger partial charge in [-0.05, 0) is 59.4 Å². The predicted octanol–water partition coefficient (Wildman–Crippen LogP) is 2.79. The van der Waals surface area contributed by atoms with E-state index in [4.69, 9.17) is 4.89 Å². The lowest BCUT2D eigenvalue weighted by atomic mass is 10.0. The molecule has 1 atom stereocenters. The number of carbonyl (C=O) groups is 1. The molecule has 162 valence electrons. The minimum Gasteiger partial charge on any atom is -0.354 e. The maximum atomic E-state index is 13.0. The molecule has 0 fully saturated rings. The first-order chi connectivity index (χ1) is 15.3. The first-order valence-electron chi connectivity index (χ1n) is 10.3. The number of amides is 1. The number of nitrogens with zero attached hydrogens (tertiary/aromatic N) is 2. The lowest BCUT2D eigenvalue weighted by Gasteiger charge is -2.19. The van der Waals surface area contributed by atoms with Crippen LogP contribution in [-0.4, -0.2) is 36.1 Å². The first-order valence-corrected chi connectivity index (χ1v) is 10.3. The summed E-state index contributed by atoms with van der Waals surface area (Å²) in [6, 6.07) is 15.2. The fourth-order valence-electron chi connectivity index (χ4n) is 3.19. The summed E-state index contributed by atoms with van der Waals surface area (Å²) in [5, 5.41) is 6.45. The molecule has 1 amide bonds. The zero-order valence-corrected chi connectivity index (χ0v) is 17.7. The standard InChI is InChI=1S/C24H28N4O3/c1-30-31-18-21-2-4-22(5-3-21)23(27-16-10-19-6-12-25-13-7-19)24(29)28-17-11-20-8-14-26-15-9-20/h2-9,12-15,23,27H,10-11,16-18H2,1H3,(H,28,29). The van der Waals surface area contributed by atoms with E-state index >= 15 is 0 Å². The van der Waals surface area contributed by atoms with E-state index in [2.05, 4.69) is 25.5 Å². The largest absolute Gasteiger partial charge is 0.354 e. The first kappa shape index (κ1) is 22.6. The molecule has 0 spiro atoms. The van der Waals surface area contributed by atoms with E-state index in [1.54, 1.807) is 24.8 Å². The van der Waals surface area contributed by atoms with Crippen LogP contribution in [0.15, 0.2) is 73.3 Å². The second-order valence-electron chi connectivity index (χ2n) is 7.06. The van der Waals surface area contributed by atoms with Gasteiger partial charge in [-0.1, -0.05) is 24.3 Å². The molecule has 0 bridgehead atoms. The number of benzene rings is 1. The van der Waals surface area contributed by atoms with Crippen molar-refractivity contribution in [2.75, 3.05) is 20.2 Å². The summed E-state index contributed by atoms with van der Waals surface area (Å²) in [6.45, 7) is 1.58. The molecule has 0 saturated carbocycles. The molecule has 3 aromatic rings. The fraction of sp³-hybridized carbons (Fsp3) is 0.292.